The van der Waals surface area contributed by atoms with Crippen LogP contribution in [0.3, 0.4) is 0 Å². The van der Waals surface area contributed by atoms with E-state index < -0.39 is 38.7 Å². The molecule has 0 amide bonds. The van der Waals surface area contributed by atoms with Crippen molar-refractivity contribution in [2.45, 2.75) is 4.90 Å². The predicted octanol–water partition coefficient (Wildman–Crippen LogP) is 2.86. The Labute approximate surface area is 167 Å². The van der Waals surface area contributed by atoms with Crippen LogP contribution in [-0.2, 0) is 10.0 Å². The molecule has 0 atom stereocenters. The molecule has 0 bridgehead atoms. The molecule has 0 aliphatic carbocycles. The lowest BCUT2D eigenvalue weighted by molar-refractivity contribution is 0.102. The molecular formula is C20H19F2N3O3S. The summed E-state index contributed by atoms with van der Waals surface area (Å²) < 4.78 is 56.0. The number of Topliss-reactive ketones (excluding diaryl/α,β-unsaturated/α-hetero) is 1. The van der Waals surface area contributed by atoms with Crippen molar-refractivity contribution in [1.82, 2.24) is 0 Å². The highest BCUT2D eigenvalue weighted by Gasteiger charge is 2.25. The van der Waals surface area contributed by atoms with Crippen molar-refractivity contribution in [3.05, 3.63) is 95.7 Å². The van der Waals surface area contributed by atoms with Crippen LogP contribution in [0.4, 0.5) is 14.5 Å². The topological polar surface area (TPSA) is 115 Å². The van der Waals surface area contributed by atoms with Gasteiger partial charge in [-0.1, -0.05) is 30.9 Å². The number of rotatable bonds is 8. The minimum atomic E-state index is -4.14. The van der Waals surface area contributed by atoms with Gasteiger partial charge in [0.1, 0.15) is 5.82 Å². The van der Waals surface area contributed by atoms with Gasteiger partial charge in [0.15, 0.2) is 11.6 Å². The fourth-order valence-electron chi connectivity index (χ4n) is 2.40. The normalized spacial score (nSPS) is 12.2. The molecule has 2 aromatic rings. The molecule has 0 saturated heterocycles. The quantitative estimate of drug-likeness (QED) is 0.346. The molecule has 152 valence electrons. The van der Waals surface area contributed by atoms with E-state index in [0.29, 0.717) is 0 Å². The van der Waals surface area contributed by atoms with Gasteiger partial charge in [-0.25, -0.2) is 17.2 Å². The number of nitrogens with one attached hydrogen (secondary N) is 1. The number of carbonyl (C=O) groups is 1. The highest BCUT2D eigenvalue weighted by Crippen LogP contribution is 2.27. The lowest BCUT2D eigenvalue weighted by Gasteiger charge is -2.13. The van der Waals surface area contributed by atoms with Crippen molar-refractivity contribution in [2.24, 2.45) is 11.5 Å². The molecule has 29 heavy (non-hydrogen) atoms. The Morgan fingerprint density at radius 2 is 1.79 bits per heavy atom. The van der Waals surface area contributed by atoms with Gasteiger partial charge < -0.3 is 11.5 Å². The summed E-state index contributed by atoms with van der Waals surface area (Å²) in [6.07, 6.45) is 3.96. The molecule has 0 aliphatic heterocycles. The fourth-order valence-corrected chi connectivity index (χ4v) is 3.48. The van der Waals surface area contributed by atoms with Crippen molar-refractivity contribution >= 4 is 21.5 Å². The smallest absolute Gasteiger partial charge is 0.261 e. The van der Waals surface area contributed by atoms with Crippen LogP contribution in [0.5, 0.6) is 0 Å². The highest BCUT2D eigenvalue weighted by atomic mass is 32.2. The number of hydrogen-bond acceptors (Lipinski definition) is 5. The minimum Gasteiger partial charge on any atom is -0.405 e. The van der Waals surface area contributed by atoms with E-state index in [4.69, 9.17) is 11.5 Å². The highest BCUT2D eigenvalue weighted by molar-refractivity contribution is 7.92. The lowest BCUT2D eigenvalue weighted by atomic mass is 9.96. The molecule has 9 heteroatoms. The largest absolute Gasteiger partial charge is 0.405 e. The molecule has 2 aromatic carbocycles. The predicted molar refractivity (Wildman–Crippen MR) is 108 cm³/mol. The van der Waals surface area contributed by atoms with Crippen LogP contribution in [-0.4, -0.2) is 20.7 Å². The Bertz CT molecular complexity index is 1100. The lowest BCUT2D eigenvalue weighted by Crippen LogP contribution is -2.18. The Morgan fingerprint density at radius 3 is 2.38 bits per heavy atom. The van der Waals surface area contributed by atoms with E-state index in [-0.39, 0.29) is 22.6 Å². The third-order valence-electron chi connectivity index (χ3n) is 3.91. The van der Waals surface area contributed by atoms with Gasteiger partial charge >= 0.3 is 0 Å². The van der Waals surface area contributed by atoms with E-state index in [0.717, 1.165) is 12.1 Å². The van der Waals surface area contributed by atoms with Gasteiger partial charge in [0.2, 0.25) is 0 Å². The second kappa shape index (κ2) is 9.26. The van der Waals surface area contributed by atoms with Crippen molar-refractivity contribution in [3.8, 4) is 0 Å². The number of anilines is 1. The van der Waals surface area contributed by atoms with Gasteiger partial charge in [-0.2, -0.15) is 0 Å². The average Bonchev–Trinajstić information content (AvgIpc) is 2.71. The van der Waals surface area contributed by atoms with E-state index >= 15 is 0 Å². The second-order valence-electron chi connectivity index (χ2n) is 5.79. The fraction of sp³-hybridized carbons (Fsp3) is 0.0500. The first kappa shape index (κ1) is 22.0. The molecule has 6 nitrogen and oxygen atoms in total. The van der Waals surface area contributed by atoms with Crippen LogP contribution in [0.2, 0.25) is 0 Å². The number of halogens is 2. The van der Waals surface area contributed by atoms with Gasteiger partial charge in [0, 0.05) is 12.1 Å². The average molecular weight is 419 g/mol. The van der Waals surface area contributed by atoms with Gasteiger partial charge in [-0.3, -0.25) is 9.52 Å². The molecule has 0 saturated carbocycles. The molecule has 5 N–H and O–H groups in total. The zero-order chi connectivity index (χ0) is 21.6. The van der Waals surface area contributed by atoms with E-state index in [1.165, 1.54) is 42.6 Å². The zero-order valence-electron chi connectivity index (χ0n) is 15.2. The monoisotopic (exact) mass is 419 g/mol. The molecule has 0 fully saturated rings. The SMILES string of the molecule is C=C(C(=O)c1c(F)ccc(NS(=O)(=O)c2ccccc2)c1F)/C(=C/C=C\N)CN. The summed E-state index contributed by atoms with van der Waals surface area (Å²) in [6.45, 7) is 3.42. The first-order valence-electron chi connectivity index (χ1n) is 8.30. The van der Waals surface area contributed by atoms with Crippen molar-refractivity contribution in [1.29, 1.82) is 0 Å². The van der Waals surface area contributed by atoms with Crippen LogP contribution in [0.25, 0.3) is 0 Å². The van der Waals surface area contributed by atoms with Crippen molar-refractivity contribution < 1.29 is 22.0 Å². The number of benzene rings is 2. The maximum atomic E-state index is 14.9. The third-order valence-corrected chi connectivity index (χ3v) is 5.29. The van der Waals surface area contributed by atoms with Crippen LogP contribution < -0.4 is 16.2 Å². The zero-order valence-corrected chi connectivity index (χ0v) is 16.0. The summed E-state index contributed by atoms with van der Waals surface area (Å²) in [6, 6.07) is 8.89. The maximum absolute atomic E-state index is 14.9. The van der Waals surface area contributed by atoms with Gasteiger partial charge in [0.25, 0.3) is 10.0 Å². The summed E-state index contributed by atoms with van der Waals surface area (Å²) in [5.41, 5.74) is 9.22. The summed E-state index contributed by atoms with van der Waals surface area (Å²) in [5.74, 6) is -3.59. The molecular weight excluding hydrogens is 400 g/mol. The van der Waals surface area contributed by atoms with Crippen LogP contribution in [0.1, 0.15) is 10.4 Å². The number of allylic oxidation sites excluding steroid dienone is 2. The summed E-state index contributed by atoms with van der Waals surface area (Å²) in [7, 11) is -4.14. The van der Waals surface area contributed by atoms with E-state index in [9.17, 15) is 22.0 Å². The number of carbonyl (C=O) groups excluding carboxylic acids is 1. The van der Waals surface area contributed by atoms with E-state index in [1.807, 2.05) is 4.72 Å². The van der Waals surface area contributed by atoms with Crippen LogP contribution in [0, 0.1) is 11.6 Å². The number of sulfonamides is 1. The Kier molecular flexibility index (Phi) is 7.03. The first-order valence-corrected chi connectivity index (χ1v) is 9.78. The van der Waals surface area contributed by atoms with Gasteiger partial charge in [0.05, 0.1) is 16.1 Å². The van der Waals surface area contributed by atoms with Gasteiger partial charge in [-0.15, -0.1) is 0 Å². The van der Waals surface area contributed by atoms with E-state index in [1.54, 1.807) is 6.07 Å². The molecule has 0 radical (unpaired) electrons. The molecule has 0 spiro atoms. The second-order valence-corrected chi connectivity index (χ2v) is 7.47. The summed E-state index contributed by atoms with van der Waals surface area (Å²) in [5, 5.41) is 0. The third kappa shape index (κ3) is 4.95. The Hall–Kier alpha value is -3.30. The maximum Gasteiger partial charge on any atom is 0.261 e. The van der Waals surface area contributed by atoms with Crippen molar-refractivity contribution in [3.63, 3.8) is 0 Å². The molecule has 0 aliphatic rings. The Morgan fingerprint density at radius 1 is 1.14 bits per heavy atom. The molecule has 0 aromatic heterocycles. The summed E-state index contributed by atoms with van der Waals surface area (Å²) >= 11 is 0. The number of hydrogen-bond donors (Lipinski definition) is 3. The van der Waals surface area contributed by atoms with Crippen LogP contribution in [0.15, 0.2) is 83.4 Å². The molecule has 2 rings (SSSR count). The number of ketones is 1. The van der Waals surface area contributed by atoms with Crippen molar-refractivity contribution in [2.75, 3.05) is 11.3 Å². The van der Waals surface area contributed by atoms with Gasteiger partial charge in [-0.05, 0) is 42.1 Å². The first-order chi connectivity index (χ1) is 13.7. The van der Waals surface area contributed by atoms with E-state index in [2.05, 4.69) is 6.58 Å². The minimum absolute atomic E-state index is 0.122. The summed E-state index contributed by atoms with van der Waals surface area (Å²) in [4.78, 5) is 12.5. The number of nitrogens with two attached hydrogens (primary N) is 2. The molecule has 0 heterocycles. The standard InChI is InChI=1S/C20H19F2N3O3S/c1-13(14(12-24)6-5-11-23)20(26)18-16(21)9-10-17(19(18)22)25-29(27,28)15-7-3-2-4-8-15/h2-11,25H,1,12,23-24H2/b11-5-,14-6+. The Balaban J connectivity index is 2.46. The van der Waals surface area contributed by atoms with Crippen LogP contribution >= 0.6 is 0 Å². The molecule has 0 unspecified atom stereocenters.